The zero-order valence-corrected chi connectivity index (χ0v) is 12.6. The molecule has 0 aromatic heterocycles. The standard InChI is InChI=1S/C17H16N2O4/c1-12-3-2-4-14(7-12)19-17(20)10-23-18-9-13-5-6-15-16(8-13)22-11-21-15/h2-9H,10-11H2,1H3,(H,19,20)/b18-9+. The van der Waals surface area contributed by atoms with E-state index in [0.29, 0.717) is 11.5 Å². The molecule has 0 unspecified atom stereocenters. The Morgan fingerprint density at radius 2 is 2.13 bits per heavy atom. The summed E-state index contributed by atoms with van der Waals surface area (Å²) >= 11 is 0. The Kier molecular flexibility index (Phi) is 4.42. The smallest absolute Gasteiger partial charge is 0.265 e. The molecule has 0 bridgehead atoms. The summed E-state index contributed by atoms with van der Waals surface area (Å²) in [6, 6.07) is 13.0. The van der Waals surface area contributed by atoms with Gasteiger partial charge in [0, 0.05) is 11.3 Å². The first-order valence-corrected chi connectivity index (χ1v) is 7.12. The molecule has 3 rings (SSSR count). The number of rotatable bonds is 5. The van der Waals surface area contributed by atoms with Crippen molar-refractivity contribution in [1.82, 2.24) is 0 Å². The van der Waals surface area contributed by atoms with Crippen LogP contribution in [0.1, 0.15) is 11.1 Å². The second-order valence-corrected chi connectivity index (χ2v) is 5.04. The van der Waals surface area contributed by atoms with Crippen molar-refractivity contribution < 1.29 is 19.1 Å². The highest BCUT2D eigenvalue weighted by Gasteiger charge is 2.12. The summed E-state index contributed by atoms with van der Waals surface area (Å²) in [4.78, 5) is 16.7. The van der Waals surface area contributed by atoms with Crippen molar-refractivity contribution in [3.05, 3.63) is 53.6 Å². The van der Waals surface area contributed by atoms with Gasteiger partial charge in [0.1, 0.15) is 0 Å². The molecule has 0 aliphatic carbocycles. The number of carbonyl (C=O) groups is 1. The quantitative estimate of drug-likeness (QED) is 0.681. The minimum Gasteiger partial charge on any atom is -0.454 e. The highest BCUT2D eigenvalue weighted by molar-refractivity contribution is 5.91. The van der Waals surface area contributed by atoms with E-state index >= 15 is 0 Å². The molecule has 118 valence electrons. The van der Waals surface area contributed by atoms with Gasteiger partial charge in [-0.1, -0.05) is 17.3 Å². The van der Waals surface area contributed by atoms with Gasteiger partial charge in [-0.25, -0.2) is 0 Å². The molecule has 0 atom stereocenters. The number of hydrogen-bond donors (Lipinski definition) is 1. The maximum atomic E-state index is 11.7. The van der Waals surface area contributed by atoms with Gasteiger partial charge in [-0.3, -0.25) is 4.79 Å². The number of nitrogens with one attached hydrogen (secondary N) is 1. The van der Waals surface area contributed by atoms with Crippen molar-refractivity contribution >= 4 is 17.8 Å². The fourth-order valence-corrected chi connectivity index (χ4v) is 2.11. The van der Waals surface area contributed by atoms with Gasteiger partial charge in [-0.05, 0) is 42.8 Å². The molecule has 6 nitrogen and oxygen atoms in total. The molecule has 1 heterocycles. The summed E-state index contributed by atoms with van der Waals surface area (Å²) in [5.74, 6) is 1.12. The lowest BCUT2D eigenvalue weighted by Crippen LogP contribution is -2.16. The Balaban J connectivity index is 1.48. The maximum absolute atomic E-state index is 11.7. The first-order chi connectivity index (χ1) is 11.2. The third kappa shape index (κ3) is 4.00. The fraction of sp³-hybridized carbons (Fsp3) is 0.176. The van der Waals surface area contributed by atoms with Crippen molar-refractivity contribution in [2.75, 3.05) is 18.7 Å². The predicted molar refractivity (Wildman–Crippen MR) is 85.9 cm³/mol. The summed E-state index contributed by atoms with van der Waals surface area (Å²) in [6.07, 6.45) is 1.52. The number of fused-ring (bicyclic) bond motifs is 1. The SMILES string of the molecule is Cc1cccc(NC(=O)CO/N=C/c2ccc3c(c2)OCO3)c1. The topological polar surface area (TPSA) is 69.2 Å². The van der Waals surface area contributed by atoms with E-state index in [1.807, 2.05) is 37.3 Å². The average Bonchev–Trinajstić information content (AvgIpc) is 2.99. The van der Waals surface area contributed by atoms with Crippen LogP contribution in [0.3, 0.4) is 0 Å². The molecule has 1 aliphatic rings. The van der Waals surface area contributed by atoms with Gasteiger partial charge >= 0.3 is 0 Å². The van der Waals surface area contributed by atoms with Crippen molar-refractivity contribution in [3.63, 3.8) is 0 Å². The number of anilines is 1. The van der Waals surface area contributed by atoms with Crippen LogP contribution in [0.5, 0.6) is 11.5 Å². The highest BCUT2D eigenvalue weighted by atomic mass is 16.7. The Bertz CT molecular complexity index is 743. The molecule has 2 aromatic carbocycles. The van der Waals surface area contributed by atoms with Gasteiger partial charge in [0.05, 0.1) is 6.21 Å². The van der Waals surface area contributed by atoms with Gasteiger partial charge < -0.3 is 19.6 Å². The minimum atomic E-state index is -0.265. The van der Waals surface area contributed by atoms with Crippen LogP contribution >= 0.6 is 0 Å². The average molecular weight is 312 g/mol. The summed E-state index contributed by atoms with van der Waals surface area (Å²) in [7, 11) is 0. The third-order valence-corrected chi connectivity index (χ3v) is 3.17. The molecular weight excluding hydrogens is 296 g/mol. The zero-order valence-electron chi connectivity index (χ0n) is 12.6. The number of hydrogen-bond acceptors (Lipinski definition) is 5. The van der Waals surface area contributed by atoms with Crippen molar-refractivity contribution in [2.24, 2.45) is 5.16 Å². The number of carbonyl (C=O) groups excluding carboxylic acids is 1. The second kappa shape index (κ2) is 6.83. The minimum absolute atomic E-state index is 0.158. The Morgan fingerprint density at radius 1 is 1.26 bits per heavy atom. The molecule has 1 aliphatic heterocycles. The lowest BCUT2D eigenvalue weighted by Gasteiger charge is -2.04. The Morgan fingerprint density at radius 3 is 3.00 bits per heavy atom. The van der Waals surface area contributed by atoms with Gasteiger partial charge in [0.15, 0.2) is 18.1 Å². The largest absolute Gasteiger partial charge is 0.454 e. The van der Waals surface area contributed by atoms with E-state index in [1.165, 1.54) is 6.21 Å². The molecule has 0 spiro atoms. The first kappa shape index (κ1) is 14.9. The molecule has 0 fully saturated rings. The molecule has 0 saturated heterocycles. The van der Waals surface area contributed by atoms with E-state index in [1.54, 1.807) is 12.1 Å². The van der Waals surface area contributed by atoms with Gasteiger partial charge in [0.2, 0.25) is 6.79 Å². The van der Waals surface area contributed by atoms with E-state index in [9.17, 15) is 4.79 Å². The zero-order chi connectivity index (χ0) is 16.1. The summed E-state index contributed by atoms with van der Waals surface area (Å²) in [5.41, 5.74) is 2.61. The molecule has 0 radical (unpaired) electrons. The molecule has 0 saturated carbocycles. The lowest BCUT2D eigenvalue weighted by atomic mass is 10.2. The van der Waals surface area contributed by atoms with Crippen LogP contribution in [0.25, 0.3) is 0 Å². The van der Waals surface area contributed by atoms with Crippen LogP contribution in [0.15, 0.2) is 47.6 Å². The number of benzene rings is 2. The molecule has 2 aromatic rings. The number of nitrogens with zero attached hydrogens (tertiary/aromatic N) is 1. The second-order valence-electron chi connectivity index (χ2n) is 5.04. The summed E-state index contributed by atoms with van der Waals surface area (Å²) in [6.45, 7) is 2.03. The number of oxime groups is 1. The van der Waals surface area contributed by atoms with Crippen LogP contribution < -0.4 is 14.8 Å². The predicted octanol–water partition coefficient (Wildman–Crippen LogP) is 2.71. The summed E-state index contributed by atoms with van der Waals surface area (Å²) in [5, 5.41) is 6.53. The fourth-order valence-electron chi connectivity index (χ4n) is 2.11. The van der Waals surface area contributed by atoms with E-state index in [2.05, 4.69) is 10.5 Å². The third-order valence-electron chi connectivity index (χ3n) is 3.17. The van der Waals surface area contributed by atoms with Crippen molar-refractivity contribution in [2.45, 2.75) is 6.92 Å². The van der Waals surface area contributed by atoms with Crippen LogP contribution in [0.4, 0.5) is 5.69 Å². The maximum Gasteiger partial charge on any atom is 0.265 e. The molecular formula is C17H16N2O4. The monoisotopic (exact) mass is 312 g/mol. The van der Waals surface area contributed by atoms with E-state index < -0.39 is 0 Å². The molecule has 23 heavy (non-hydrogen) atoms. The van der Waals surface area contributed by atoms with Crippen molar-refractivity contribution in [1.29, 1.82) is 0 Å². The van der Waals surface area contributed by atoms with Gasteiger partial charge in [-0.15, -0.1) is 0 Å². The van der Waals surface area contributed by atoms with Gasteiger partial charge in [0.25, 0.3) is 5.91 Å². The van der Waals surface area contributed by atoms with Crippen LogP contribution in [-0.4, -0.2) is 25.5 Å². The summed E-state index contributed by atoms with van der Waals surface area (Å²) < 4.78 is 10.5. The number of aryl methyl sites for hydroxylation is 1. The number of amides is 1. The van der Waals surface area contributed by atoms with Crippen molar-refractivity contribution in [3.8, 4) is 11.5 Å². The van der Waals surface area contributed by atoms with E-state index in [0.717, 1.165) is 16.8 Å². The first-order valence-electron chi connectivity index (χ1n) is 7.12. The van der Waals surface area contributed by atoms with Gasteiger partial charge in [-0.2, -0.15) is 0 Å². The van der Waals surface area contributed by atoms with Crippen LogP contribution in [-0.2, 0) is 9.63 Å². The lowest BCUT2D eigenvalue weighted by molar-refractivity contribution is -0.120. The Hall–Kier alpha value is -3.02. The van der Waals surface area contributed by atoms with E-state index in [4.69, 9.17) is 14.3 Å². The molecule has 6 heteroatoms. The molecule has 1 amide bonds. The van der Waals surface area contributed by atoms with Crippen LogP contribution in [0.2, 0.25) is 0 Å². The van der Waals surface area contributed by atoms with E-state index in [-0.39, 0.29) is 19.3 Å². The normalized spacial score (nSPS) is 12.4. The number of ether oxygens (including phenoxy) is 2. The Labute approximate surface area is 133 Å². The molecule has 1 N–H and O–H groups in total. The van der Waals surface area contributed by atoms with Crippen LogP contribution in [0, 0.1) is 6.92 Å². The highest BCUT2D eigenvalue weighted by Crippen LogP contribution is 2.31.